The molecule has 2 aromatic rings. The summed E-state index contributed by atoms with van der Waals surface area (Å²) in [5.74, 6) is 2.00. The summed E-state index contributed by atoms with van der Waals surface area (Å²) in [6.07, 6.45) is 1.22. The number of aliphatic imine (C=N–C) groups is 1. The van der Waals surface area contributed by atoms with Gasteiger partial charge in [0, 0.05) is 38.9 Å². The third-order valence-corrected chi connectivity index (χ3v) is 5.13. The predicted molar refractivity (Wildman–Crippen MR) is 126 cm³/mol. The average molecular weight is 478 g/mol. The highest BCUT2D eigenvalue weighted by Crippen LogP contribution is 2.22. The zero-order valence-electron chi connectivity index (χ0n) is 16.3. The van der Waals surface area contributed by atoms with E-state index in [0.29, 0.717) is 11.8 Å². The molecule has 1 aliphatic rings. The van der Waals surface area contributed by atoms with Crippen molar-refractivity contribution in [2.75, 3.05) is 38.1 Å². The molecule has 2 aromatic carbocycles. The molecule has 1 heterocycles. The summed E-state index contributed by atoms with van der Waals surface area (Å²) < 4.78 is 0. The van der Waals surface area contributed by atoms with E-state index in [1.54, 1.807) is 0 Å². The zero-order valence-corrected chi connectivity index (χ0v) is 18.6. The normalized spacial score (nSPS) is 17.9. The first-order valence-electron chi connectivity index (χ1n) is 9.55. The highest BCUT2D eigenvalue weighted by atomic mass is 127. The molecule has 4 nitrogen and oxygen atoms in total. The van der Waals surface area contributed by atoms with Crippen LogP contribution in [-0.2, 0) is 0 Å². The van der Waals surface area contributed by atoms with Gasteiger partial charge in [-0.3, -0.25) is 4.99 Å². The van der Waals surface area contributed by atoms with E-state index in [-0.39, 0.29) is 24.0 Å². The summed E-state index contributed by atoms with van der Waals surface area (Å²) in [5.41, 5.74) is 2.68. The zero-order chi connectivity index (χ0) is 18.2. The van der Waals surface area contributed by atoms with E-state index in [4.69, 9.17) is 0 Å². The highest BCUT2D eigenvalue weighted by molar-refractivity contribution is 14.0. The Labute approximate surface area is 180 Å². The first-order valence-corrected chi connectivity index (χ1v) is 9.55. The summed E-state index contributed by atoms with van der Waals surface area (Å²) >= 11 is 0. The number of hydrogen-bond acceptors (Lipinski definition) is 2. The highest BCUT2D eigenvalue weighted by Gasteiger charge is 2.22. The second-order valence-electron chi connectivity index (χ2n) is 7.08. The van der Waals surface area contributed by atoms with Crippen LogP contribution in [0.3, 0.4) is 0 Å². The van der Waals surface area contributed by atoms with Crippen molar-refractivity contribution >= 4 is 35.6 Å². The van der Waals surface area contributed by atoms with E-state index in [2.05, 4.69) is 88.1 Å². The molecule has 27 heavy (non-hydrogen) atoms. The Morgan fingerprint density at radius 2 is 1.74 bits per heavy atom. The smallest absolute Gasteiger partial charge is 0.191 e. The van der Waals surface area contributed by atoms with Gasteiger partial charge < -0.3 is 15.5 Å². The van der Waals surface area contributed by atoms with Gasteiger partial charge in [-0.25, -0.2) is 0 Å². The Bertz CT molecular complexity index is 690. The van der Waals surface area contributed by atoms with Crippen LogP contribution in [0.4, 0.5) is 5.69 Å². The molecule has 0 bridgehead atoms. The van der Waals surface area contributed by atoms with Crippen molar-refractivity contribution in [3.63, 3.8) is 0 Å². The molecule has 0 saturated carbocycles. The number of nitrogens with zero attached hydrogens (tertiary/aromatic N) is 2. The van der Waals surface area contributed by atoms with Crippen LogP contribution in [0.1, 0.15) is 24.8 Å². The summed E-state index contributed by atoms with van der Waals surface area (Å²) in [7, 11) is 1.84. The van der Waals surface area contributed by atoms with Crippen molar-refractivity contribution in [2.24, 2.45) is 10.9 Å². The quantitative estimate of drug-likeness (QED) is 0.373. The van der Waals surface area contributed by atoms with Crippen LogP contribution in [0.5, 0.6) is 0 Å². The summed E-state index contributed by atoms with van der Waals surface area (Å²) in [6, 6.07) is 21.3. The summed E-state index contributed by atoms with van der Waals surface area (Å²) in [5, 5.41) is 6.96. The van der Waals surface area contributed by atoms with Gasteiger partial charge in [0.25, 0.3) is 0 Å². The average Bonchev–Trinajstić information content (AvgIpc) is 3.18. The van der Waals surface area contributed by atoms with Gasteiger partial charge in [0.15, 0.2) is 5.96 Å². The number of benzene rings is 2. The maximum Gasteiger partial charge on any atom is 0.191 e. The fourth-order valence-corrected chi connectivity index (χ4v) is 3.48. The minimum absolute atomic E-state index is 0. The van der Waals surface area contributed by atoms with Gasteiger partial charge in [-0.15, -0.1) is 24.0 Å². The van der Waals surface area contributed by atoms with E-state index in [1.165, 1.54) is 17.7 Å². The molecule has 1 fully saturated rings. The molecule has 0 amide bonds. The second-order valence-corrected chi connectivity index (χ2v) is 7.08. The molecule has 2 N–H and O–H groups in total. The first kappa shape index (κ1) is 21.5. The van der Waals surface area contributed by atoms with Gasteiger partial charge in [0.2, 0.25) is 0 Å². The molecule has 0 radical (unpaired) electrons. The van der Waals surface area contributed by atoms with E-state index in [9.17, 15) is 0 Å². The standard InChI is InChI=1S/C22H30N4.HI/c1-18(20-9-5-3-6-10-20)15-24-22(23-2)25-16-19-13-14-26(17-19)21-11-7-4-8-12-21;/h3-12,18-19H,13-17H2,1-2H3,(H2,23,24,25);1H. The minimum Gasteiger partial charge on any atom is -0.371 e. The summed E-state index contributed by atoms with van der Waals surface area (Å²) in [6.45, 7) is 6.32. The third kappa shape index (κ3) is 6.41. The molecule has 2 unspecified atom stereocenters. The molecular formula is C22H31IN4. The van der Waals surface area contributed by atoms with Gasteiger partial charge in [-0.05, 0) is 36.0 Å². The predicted octanol–water partition coefficient (Wildman–Crippen LogP) is 4.10. The van der Waals surface area contributed by atoms with Crippen molar-refractivity contribution in [2.45, 2.75) is 19.3 Å². The van der Waals surface area contributed by atoms with Crippen molar-refractivity contribution < 1.29 is 0 Å². The maximum atomic E-state index is 4.37. The number of guanidine groups is 1. The van der Waals surface area contributed by atoms with Crippen LogP contribution in [0.15, 0.2) is 65.7 Å². The Balaban J connectivity index is 0.00000261. The fourth-order valence-electron chi connectivity index (χ4n) is 3.48. The molecule has 0 spiro atoms. The molecule has 146 valence electrons. The molecule has 1 aliphatic heterocycles. The number of halogens is 1. The molecule has 3 rings (SSSR count). The van der Waals surface area contributed by atoms with E-state index in [1.807, 2.05) is 7.05 Å². The van der Waals surface area contributed by atoms with Gasteiger partial charge in [0.05, 0.1) is 0 Å². The van der Waals surface area contributed by atoms with E-state index < -0.39 is 0 Å². The molecule has 0 aromatic heterocycles. The maximum absolute atomic E-state index is 4.37. The second kappa shape index (κ2) is 11.2. The Morgan fingerprint density at radius 3 is 2.41 bits per heavy atom. The van der Waals surface area contributed by atoms with Crippen LogP contribution in [0, 0.1) is 5.92 Å². The Morgan fingerprint density at radius 1 is 1.07 bits per heavy atom. The summed E-state index contributed by atoms with van der Waals surface area (Å²) in [4.78, 5) is 6.84. The lowest BCUT2D eigenvalue weighted by atomic mass is 10.0. The lowest BCUT2D eigenvalue weighted by Crippen LogP contribution is -2.41. The minimum atomic E-state index is 0. The number of hydrogen-bond donors (Lipinski definition) is 2. The molecule has 5 heteroatoms. The van der Waals surface area contributed by atoms with Crippen LogP contribution in [0.25, 0.3) is 0 Å². The molecule has 0 aliphatic carbocycles. The van der Waals surface area contributed by atoms with Gasteiger partial charge in [0.1, 0.15) is 0 Å². The molecular weight excluding hydrogens is 447 g/mol. The third-order valence-electron chi connectivity index (χ3n) is 5.13. The van der Waals surface area contributed by atoms with Gasteiger partial charge >= 0.3 is 0 Å². The van der Waals surface area contributed by atoms with Crippen LogP contribution < -0.4 is 15.5 Å². The Hall–Kier alpha value is -1.76. The number of para-hydroxylation sites is 1. The topological polar surface area (TPSA) is 39.7 Å². The van der Waals surface area contributed by atoms with E-state index in [0.717, 1.165) is 32.1 Å². The lowest BCUT2D eigenvalue weighted by Gasteiger charge is -2.20. The Kier molecular flexibility index (Phi) is 8.91. The van der Waals surface area contributed by atoms with Crippen LogP contribution >= 0.6 is 24.0 Å². The van der Waals surface area contributed by atoms with Gasteiger partial charge in [-0.1, -0.05) is 55.5 Å². The van der Waals surface area contributed by atoms with Gasteiger partial charge in [-0.2, -0.15) is 0 Å². The number of rotatable bonds is 6. The van der Waals surface area contributed by atoms with Crippen molar-refractivity contribution in [3.8, 4) is 0 Å². The lowest BCUT2D eigenvalue weighted by molar-refractivity contribution is 0.563. The van der Waals surface area contributed by atoms with Crippen LogP contribution in [0.2, 0.25) is 0 Å². The molecule has 2 atom stereocenters. The SMILES string of the molecule is CN=C(NCC1CCN(c2ccccc2)C1)NCC(C)c1ccccc1.I. The van der Waals surface area contributed by atoms with Crippen LogP contribution in [-0.4, -0.2) is 39.2 Å². The number of anilines is 1. The largest absolute Gasteiger partial charge is 0.371 e. The van der Waals surface area contributed by atoms with Crippen molar-refractivity contribution in [1.82, 2.24) is 10.6 Å². The van der Waals surface area contributed by atoms with Crippen molar-refractivity contribution in [1.29, 1.82) is 0 Å². The van der Waals surface area contributed by atoms with Crippen molar-refractivity contribution in [3.05, 3.63) is 66.2 Å². The monoisotopic (exact) mass is 478 g/mol. The fraction of sp³-hybridized carbons (Fsp3) is 0.409. The molecule has 1 saturated heterocycles. The van der Waals surface area contributed by atoms with E-state index >= 15 is 0 Å². The first-order chi connectivity index (χ1) is 12.8. The number of nitrogens with one attached hydrogen (secondary N) is 2.